The van der Waals surface area contributed by atoms with Gasteiger partial charge in [-0.25, -0.2) is 9.59 Å². The average molecular weight is 293 g/mol. The molecular formula is C15H23N3O3. The van der Waals surface area contributed by atoms with Gasteiger partial charge >= 0.3 is 12.0 Å². The van der Waals surface area contributed by atoms with Crippen molar-refractivity contribution in [1.82, 2.24) is 10.3 Å². The van der Waals surface area contributed by atoms with Crippen LogP contribution in [-0.2, 0) is 0 Å². The number of carboxylic acids is 1. The highest BCUT2D eigenvalue weighted by molar-refractivity contribution is 5.99. The van der Waals surface area contributed by atoms with Crippen molar-refractivity contribution >= 4 is 17.7 Å². The van der Waals surface area contributed by atoms with Crippen LogP contribution >= 0.6 is 0 Å². The number of H-pyrrole nitrogens is 1. The van der Waals surface area contributed by atoms with Crippen LogP contribution in [0.2, 0.25) is 0 Å². The molecule has 1 aliphatic rings. The Balaban J connectivity index is 2.03. The lowest BCUT2D eigenvalue weighted by atomic mass is 9.73. The van der Waals surface area contributed by atoms with Gasteiger partial charge in [-0.05, 0) is 31.2 Å². The van der Waals surface area contributed by atoms with E-state index in [0.29, 0.717) is 11.4 Å². The molecule has 0 aliphatic heterocycles. The number of carbonyl (C=O) groups is 2. The first kappa shape index (κ1) is 15.4. The van der Waals surface area contributed by atoms with Gasteiger partial charge < -0.3 is 20.7 Å². The minimum atomic E-state index is -1.09. The molecule has 21 heavy (non-hydrogen) atoms. The first-order chi connectivity index (χ1) is 9.79. The van der Waals surface area contributed by atoms with Gasteiger partial charge in [-0.3, -0.25) is 0 Å². The van der Waals surface area contributed by atoms with Crippen LogP contribution in [0.5, 0.6) is 0 Å². The maximum Gasteiger partial charge on any atom is 0.354 e. The number of anilines is 1. The molecule has 1 saturated carbocycles. The van der Waals surface area contributed by atoms with E-state index >= 15 is 0 Å². The molecule has 116 valence electrons. The van der Waals surface area contributed by atoms with Crippen LogP contribution in [-0.4, -0.2) is 28.1 Å². The third-order valence-electron chi connectivity index (χ3n) is 4.23. The summed E-state index contributed by atoms with van der Waals surface area (Å²) in [6.45, 7) is 6.06. The molecule has 1 atom stereocenters. The van der Waals surface area contributed by atoms with E-state index in [1.165, 1.54) is 6.42 Å². The van der Waals surface area contributed by atoms with E-state index in [2.05, 4.69) is 29.5 Å². The molecule has 0 saturated heterocycles. The molecule has 1 aliphatic carbocycles. The number of hydrogen-bond donors (Lipinski definition) is 4. The maximum atomic E-state index is 12.1. The van der Waals surface area contributed by atoms with E-state index in [1.807, 2.05) is 0 Å². The zero-order chi connectivity index (χ0) is 15.6. The molecule has 1 aromatic rings. The fraction of sp³-hybridized carbons (Fsp3) is 0.600. The molecule has 1 unspecified atom stereocenters. The van der Waals surface area contributed by atoms with Crippen molar-refractivity contribution in [1.29, 1.82) is 0 Å². The number of aromatic amines is 1. The Morgan fingerprint density at radius 2 is 2.10 bits per heavy atom. The third kappa shape index (κ3) is 3.56. The lowest BCUT2D eigenvalue weighted by Gasteiger charge is -2.38. The highest BCUT2D eigenvalue weighted by atomic mass is 16.4. The Kier molecular flexibility index (Phi) is 4.25. The highest BCUT2D eigenvalue weighted by Gasteiger charge is 2.33. The van der Waals surface area contributed by atoms with Crippen molar-refractivity contribution in [2.24, 2.45) is 5.41 Å². The van der Waals surface area contributed by atoms with Crippen molar-refractivity contribution in [3.8, 4) is 0 Å². The summed E-state index contributed by atoms with van der Waals surface area (Å²) >= 11 is 0. The van der Waals surface area contributed by atoms with Gasteiger partial charge in [0.15, 0.2) is 0 Å². The first-order valence-corrected chi connectivity index (χ1v) is 7.30. The highest BCUT2D eigenvalue weighted by Crippen LogP contribution is 2.35. The van der Waals surface area contributed by atoms with Crippen molar-refractivity contribution in [2.45, 2.75) is 52.5 Å². The minimum absolute atomic E-state index is 0.00514. The second-order valence-corrected chi connectivity index (χ2v) is 6.43. The lowest BCUT2D eigenvalue weighted by Crippen LogP contribution is -2.48. The standard InChI is InChI=1S/C15H23N3O3/c1-9-8-10(12(16-9)13(19)20)17-14(21)18-11-6-4-5-7-15(11,2)3/h8,11,16H,4-7H2,1-3H3,(H,19,20)(H2,17,18,21). The number of aromatic nitrogens is 1. The Morgan fingerprint density at radius 3 is 2.71 bits per heavy atom. The summed E-state index contributed by atoms with van der Waals surface area (Å²) in [7, 11) is 0. The number of rotatable bonds is 3. The molecule has 1 fully saturated rings. The van der Waals surface area contributed by atoms with Crippen LogP contribution < -0.4 is 10.6 Å². The number of carbonyl (C=O) groups excluding carboxylic acids is 1. The second-order valence-electron chi connectivity index (χ2n) is 6.43. The number of aromatic carboxylic acids is 1. The predicted octanol–water partition coefficient (Wildman–Crippen LogP) is 3.11. The summed E-state index contributed by atoms with van der Waals surface area (Å²) in [5.41, 5.74) is 1.07. The largest absolute Gasteiger partial charge is 0.477 e. The smallest absolute Gasteiger partial charge is 0.354 e. The lowest BCUT2D eigenvalue weighted by molar-refractivity contribution is 0.0692. The molecule has 4 N–H and O–H groups in total. The van der Waals surface area contributed by atoms with Crippen LogP contribution in [0.25, 0.3) is 0 Å². The monoisotopic (exact) mass is 293 g/mol. The minimum Gasteiger partial charge on any atom is -0.477 e. The van der Waals surface area contributed by atoms with Crippen molar-refractivity contribution in [2.75, 3.05) is 5.32 Å². The van der Waals surface area contributed by atoms with Crippen molar-refractivity contribution < 1.29 is 14.7 Å². The number of aryl methyl sites for hydroxylation is 1. The van der Waals surface area contributed by atoms with Crippen LogP contribution in [0.1, 0.15) is 55.7 Å². The summed E-state index contributed by atoms with van der Waals surface area (Å²) in [6.07, 6.45) is 4.34. The molecule has 6 heteroatoms. The number of amides is 2. The van der Waals surface area contributed by atoms with Gasteiger partial charge in [0.1, 0.15) is 5.69 Å². The number of hydrogen-bond acceptors (Lipinski definition) is 2. The molecule has 0 spiro atoms. The van der Waals surface area contributed by atoms with Gasteiger partial charge in [0.05, 0.1) is 5.69 Å². The van der Waals surface area contributed by atoms with E-state index in [4.69, 9.17) is 5.11 Å². The molecule has 0 radical (unpaired) electrons. The van der Waals surface area contributed by atoms with Gasteiger partial charge in [0, 0.05) is 11.7 Å². The quantitative estimate of drug-likeness (QED) is 0.689. The van der Waals surface area contributed by atoms with Crippen LogP contribution in [0.4, 0.5) is 10.5 Å². The number of carboxylic acid groups (broad SMARTS) is 1. The molecular weight excluding hydrogens is 270 g/mol. The van der Waals surface area contributed by atoms with E-state index in [1.54, 1.807) is 13.0 Å². The van der Waals surface area contributed by atoms with E-state index in [9.17, 15) is 9.59 Å². The predicted molar refractivity (Wildman–Crippen MR) is 80.7 cm³/mol. The summed E-state index contributed by atoms with van der Waals surface area (Å²) in [6, 6.07) is 1.38. The number of nitrogens with one attached hydrogen (secondary N) is 3. The Hall–Kier alpha value is -1.98. The Morgan fingerprint density at radius 1 is 1.38 bits per heavy atom. The topological polar surface area (TPSA) is 94.2 Å². The van der Waals surface area contributed by atoms with E-state index in [-0.39, 0.29) is 23.2 Å². The molecule has 1 aromatic heterocycles. The van der Waals surface area contributed by atoms with Crippen molar-refractivity contribution in [3.63, 3.8) is 0 Å². The summed E-state index contributed by atoms with van der Waals surface area (Å²) in [5.74, 6) is -1.09. The molecule has 1 heterocycles. The van der Waals surface area contributed by atoms with Crippen LogP contribution in [0.15, 0.2) is 6.07 Å². The molecule has 6 nitrogen and oxygen atoms in total. The molecule has 2 amide bonds. The zero-order valence-electron chi connectivity index (χ0n) is 12.7. The van der Waals surface area contributed by atoms with E-state index in [0.717, 1.165) is 19.3 Å². The zero-order valence-corrected chi connectivity index (χ0v) is 12.7. The van der Waals surface area contributed by atoms with Crippen molar-refractivity contribution in [3.05, 3.63) is 17.5 Å². The van der Waals surface area contributed by atoms with Gasteiger partial charge in [-0.15, -0.1) is 0 Å². The maximum absolute atomic E-state index is 12.1. The van der Waals surface area contributed by atoms with Gasteiger partial charge in [-0.1, -0.05) is 26.7 Å². The molecule has 0 bridgehead atoms. The third-order valence-corrected chi connectivity index (χ3v) is 4.23. The van der Waals surface area contributed by atoms with E-state index < -0.39 is 5.97 Å². The fourth-order valence-electron chi connectivity index (χ4n) is 2.93. The number of urea groups is 1. The fourth-order valence-corrected chi connectivity index (χ4v) is 2.93. The van der Waals surface area contributed by atoms with Gasteiger partial charge in [-0.2, -0.15) is 0 Å². The molecule has 0 aromatic carbocycles. The summed E-state index contributed by atoms with van der Waals surface area (Å²) < 4.78 is 0. The second kappa shape index (κ2) is 5.79. The average Bonchev–Trinajstić information content (AvgIpc) is 2.73. The summed E-state index contributed by atoms with van der Waals surface area (Å²) in [5, 5.41) is 14.7. The SMILES string of the molecule is Cc1cc(NC(=O)NC2CCCCC2(C)C)c(C(=O)O)[nH]1. The summed E-state index contributed by atoms with van der Waals surface area (Å²) in [4.78, 5) is 26.0. The Bertz CT molecular complexity index is 548. The molecule has 2 rings (SSSR count). The van der Waals surface area contributed by atoms with Crippen LogP contribution in [0.3, 0.4) is 0 Å². The normalized spacial score (nSPS) is 20.8. The van der Waals surface area contributed by atoms with Gasteiger partial charge in [0.25, 0.3) is 0 Å². The van der Waals surface area contributed by atoms with Gasteiger partial charge in [0.2, 0.25) is 0 Å². The first-order valence-electron chi connectivity index (χ1n) is 7.30. The van der Waals surface area contributed by atoms with Crippen LogP contribution in [0, 0.1) is 12.3 Å². The Labute approximate surface area is 124 Å².